The summed E-state index contributed by atoms with van der Waals surface area (Å²) in [5.41, 5.74) is 1.62. The van der Waals surface area contributed by atoms with Gasteiger partial charge >= 0.3 is 0 Å². The lowest BCUT2D eigenvalue weighted by Gasteiger charge is -2.07. The van der Waals surface area contributed by atoms with E-state index in [1.54, 1.807) is 50.7 Å². The summed E-state index contributed by atoms with van der Waals surface area (Å²) in [5, 5.41) is 13.1. The zero-order chi connectivity index (χ0) is 16.9. The molecule has 0 atom stereocenters. The summed E-state index contributed by atoms with van der Waals surface area (Å²) >= 11 is 0. The lowest BCUT2D eigenvalue weighted by Crippen LogP contribution is -2.23. The first-order chi connectivity index (χ1) is 11.7. The Morgan fingerprint density at radius 3 is 2.83 bits per heavy atom. The van der Waals surface area contributed by atoms with Crippen LogP contribution in [0, 0.1) is 0 Å². The molecule has 0 spiro atoms. The Labute approximate surface area is 137 Å². The first-order valence-corrected chi connectivity index (χ1v) is 7.17. The SMILES string of the molecule is COc1ccc(OC)c(-c2cc(C(=O)NCc3ccn[nH]3)no2)c1. The molecule has 24 heavy (non-hydrogen) atoms. The van der Waals surface area contributed by atoms with Gasteiger partial charge in [-0.05, 0) is 24.3 Å². The average molecular weight is 328 g/mol. The number of hydrogen-bond donors (Lipinski definition) is 2. The van der Waals surface area contributed by atoms with Gasteiger partial charge in [0.05, 0.1) is 32.0 Å². The predicted molar refractivity (Wildman–Crippen MR) is 84.8 cm³/mol. The first-order valence-electron chi connectivity index (χ1n) is 7.17. The van der Waals surface area contributed by atoms with Crippen LogP contribution in [-0.4, -0.2) is 35.5 Å². The van der Waals surface area contributed by atoms with E-state index in [1.807, 2.05) is 0 Å². The molecule has 0 fully saturated rings. The number of methoxy groups -OCH3 is 2. The van der Waals surface area contributed by atoms with Gasteiger partial charge in [-0.15, -0.1) is 0 Å². The number of aromatic amines is 1. The molecule has 2 aromatic heterocycles. The van der Waals surface area contributed by atoms with Crippen LogP contribution < -0.4 is 14.8 Å². The van der Waals surface area contributed by atoms with Gasteiger partial charge in [0.1, 0.15) is 11.5 Å². The number of amides is 1. The molecular weight excluding hydrogens is 312 g/mol. The van der Waals surface area contributed by atoms with Crippen LogP contribution in [0.2, 0.25) is 0 Å². The van der Waals surface area contributed by atoms with Crippen molar-refractivity contribution in [2.24, 2.45) is 0 Å². The van der Waals surface area contributed by atoms with Crippen molar-refractivity contribution in [2.75, 3.05) is 14.2 Å². The Kier molecular flexibility index (Phi) is 4.46. The molecule has 0 bridgehead atoms. The molecule has 0 aliphatic heterocycles. The second-order valence-corrected chi connectivity index (χ2v) is 4.91. The van der Waals surface area contributed by atoms with Crippen molar-refractivity contribution in [3.05, 3.63) is 47.9 Å². The Balaban J connectivity index is 1.78. The molecular formula is C16H16N4O4. The van der Waals surface area contributed by atoms with Crippen molar-refractivity contribution in [1.82, 2.24) is 20.7 Å². The van der Waals surface area contributed by atoms with Crippen molar-refractivity contribution in [3.8, 4) is 22.8 Å². The van der Waals surface area contributed by atoms with Crippen molar-refractivity contribution in [1.29, 1.82) is 0 Å². The molecule has 2 N–H and O–H groups in total. The zero-order valence-corrected chi connectivity index (χ0v) is 13.2. The van der Waals surface area contributed by atoms with Crippen molar-refractivity contribution in [3.63, 3.8) is 0 Å². The Morgan fingerprint density at radius 1 is 1.25 bits per heavy atom. The Bertz CT molecular complexity index is 826. The summed E-state index contributed by atoms with van der Waals surface area (Å²) in [6.07, 6.45) is 1.62. The van der Waals surface area contributed by atoms with Crippen molar-refractivity contribution in [2.45, 2.75) is 6.54 Å². The van der Waals surface area contributed by atoms with Crippen LogP contribution >= 0.6 is 0 Å². The number of ether oxygens (including phenoxy) is 2. The minimum atomic E-state index is -0.346. The van der Waals surface area contributed by atoms with E-state index in [0.717, 1.165) is 5.69 Å². The summed E-state index contributed by atoms with van der Waals surface area (Å²) in [6, 6.07) is 8.62. The smallest absolute Gasteiger partial charge is 0.273 e. The fraction of sp³-hybridized carbons (Fsp3) is 0.188. The van der Waals surface area contributed by atoms with Gasteiger partial charge in [-0.25, -0.2) is 0 Å². The summed E-state index contributed by atoms with van der Waals surface area (Å²) in [7, 11) is 3.13. The van der Waals surface area contributed by atoms with Gasteiger partial charge in [0.25, 0.3) is 5.91 Å². The van der Waals surface area contributed by atoms with Crippen molar-refractivity contribution < 1.29 is 18.8 Å². The summed E-state index contributed by atoms with van der Waals surface area (Å²) in [4.78, 5) is 12.1. The van der Waals surface area contributed by atoms with Gasteiger partial charge in [-0.1, -0.05) is 5.16 Å². The Morgan fingerprint density at radius 2 is 2.12 bits per heavy atom. The fourth-order valence-corrected chi connectivity index (χ4v) is 2.16. The molecule has 0 saturated heterocycles. The third kappa shape index (κ3) is 3.22. The number of hydrogen-bond acceptors (Lipinski definition) is 6. The Hall–Kier alpha value is -3.29. The van der Waals surface area contributed by atoms with Gasteiger partial charge in [-0.3, -0.25) is 9.89 Å². The van der Waals surface area contributed by atoms with Crippen LogP contribution in [0.1, 0.15) is 16.2 Å². The highest BCUT2D eigenvalue weighted by Gasteiger charge is 2.17. The molecule has 0 unspecified atom stereocenters. The second kappa shape index (κ2) is 6.86. The molecule has 1 aromatic carbocycles. The number of nitrogens with one attached hydrogen (secondary N) is 2. The summed E-state index contributed by atoms with van der Waals surface area (Å²) in [6.45, 7) is 0.323. The van der Waals surface area contributed by atoms with Gasteiger partial charge < -0.3 is 19.3 Å². The molecule has 1 amide bonds. The van der Waals surface area contributed by atoms with Crippen LogP contribution in [0.25, 0.3) is 11.3 Å². The number of aromatic nitrogens is 3. The van der Waals surface area contributed by atoms with E-state index in [2.05, 4.69) is 20.7 Å². The number of carbonyl (C=O) groups is 1. The highest BCUT2D eigenvalue weighted by atomic mass is 16.5. The molecule has 0 aliphatic carbocycles. The second-order valence-electron chi connectivity index (χ2n) is 4.91. The lowest BCUT2D eigenvalue weighted by atomic mass is 10.1. The third-order valence-electron chi connectivity index (χ3n) is 3.41. The highest BCUT2D eigenvalue weighted by Crippen LogP contribution is 2.33. The molecule has 8 heteroatoms. The molecule has 0 saturated carbocycles. The van der Waals surface area contributed by atoms with Gasteiger partial charge in [0.15, 0.2) is 11.5 Å². The van der Waals surface area contributed by atoms with Crippen molar-refractivity contribution >= 4 is 5.91 Å². The summed E-state index contributed by atoms with van der Waals surface area (Å²) < 4.78 is 15.8. The number of rotatable bonds is 6. The fourth-order valence-electron chi connectivity index (χ4n) is 2.16. The van der Waals surface area contributed by atoms with E-state index in [4.69, 9.17) is 14.0 Å². The maximum absolute atomic E-state index is 12.1. The maximum Gasteiger partial charge on any atom is 0.273 e. The monoisotopic (exact) mass is 328 g/mol. The normalized spacial score (nSPS) is 10.4. The quantitative estimate of drug-likeness (QED) is 0.717. The molecule has 3 aromatic rings. The van der Waals surface area contributed by atoms with Gasteiger partial charge in [-0.2, -0.15) is 5.10 Å². The first kappa shape index (κ1) is 15.6. The van der Waals surface area contributed by atoms with Crippen LogP contribution in [0.5, 0.6) is 11.5 Å². The van der Waals surface area contributed by atoms with E-state index in [-0.39, 0.29) is 11.6 Å². The molecule has 0 aliphatic rings. The molecule has 8 nitrogen and oxygen atoms in total. The van der Waals surface area contributed by atoms with E-state index >= 15 is 0 Å². The number of nitrogens with zero attached hydrogens (tertiary/aromatic N) is 2. The molecule has 124 valence electrons. The largest absolute Gasteiger partial charge is 0.497 e. The van der Waals surface area contributed by atoms with Gasteiger partial charge in [0.2, 0.25) is 0 Å². The van der Waals surface area contributed by atoms with Crippen LogP contribution in [0.15, 0.2) is 41.1 Å². The van der Waals surface area contributed by atoms with E-state index in [0.29, 0.717) is 29.4 Å². The minimum Gasteiger partial charge on any atom is -0.497 e. The maximum atomic E-state index is 12.1. The number of H-pyrrole nitrogens is 1. The lowest BCUT2D eigenvalue weighted by molar-refractivity contribution is 0.0941. The molecule has 0 radical (unpaired) electrons. The number of benzene rings is 1. The predicted octanol–water partition coefficient (Wildman–Crippen LogP) is 2.01. The molecule has 3 rings (SSSR count). The van der Waals surface area contributed by atoms with E-state index in [1.165, 1.54) is 0 Å². The molecule has 2 heterocycles. The minimum absolute atomic E-state index is 0.175. The van der Waals surface area contributed by atoms with Gasteiger partial charge in [0, 0.05) is 12.3 Å². The third-order valence-corrected chi connectivity index (χ3v) is 3.41. The van der Waals surface area contributed by atoms with Crippen LogP contribution in [0.3, 0.4) is 0 Å². The highest BCUT2D eigenvalue weighted by molar-refractivity contribution is 5.93. The topological polar surface area (TPSA) is 102 Å². The average Bonchev–Trinajstić information content (AvgIpc) is 3.30. The number of carbonyl (C=O) groups excluding carboxylic acids is 1. The van der Waals surface area contributed by atoms with Crippen LogP contribution in [-0.2, 0) is 6.54 Å². The van der Waals surface area contributed by atoms with Crippen LogP contribution in [0.4, 0.5) is 0 Å². The standard InChI is InChI=1S/C16H16N4O4/c1-22-11-3-4-14(23-2)12(7-11)15-8-13(20-24-15)16(21)17-9-10-5-6-18-19-10/h3-8H,9H2,1-2H3,(H,17,21)(H,18,19). The zero-order valence-electron chi connectivity index (χ0n) is 13.2. The van der Waals surface area contributed by atoms with E-state index < -0.39 is 0 Å². The van der Waals surface area contributed by atoms with E-state index in [9.17, 15) is 4.79 Å². The summed E-state index contributed by atoms with van der Waals surface area (Å²) in [5.74, 6) is 1.31.